The number of carbonyl (C=O) groups is 1. The molecule has 1 unspecified atom stereocenters. The van der Waals surface area contributed by atoms with Crippen molar-refractivity contribution in [2.75, 3.05) is 13.1 Å². The Balaban J connectivity index is 1.42. The Hall–Kier alpha value is -2.84. The van der Waals surface area contributed by atoms with Gasteiger partial charge in [0.2, 0.25) is 0 Å². The molecule has 2 aliphatic rings. The van der Waals surface area contributed by atoms with Crippen LogP contribution in [-0.4, -0.2) is 43.7 Å². The molecule has 3 aromatic heterocycles. The van der Waals surface area contributed by atoms with Gasteiger partial charge in [-0.2, -0.15) is 0 Å². The lowest BCUT2D eigenvalue weighted by atomic mass is 9.99. The highest BCUT2D eigenvalue weighted by molar-refractivity contribution is 7.09. The summed E-state index contributed by atoms with van der Waals surface area (Å²) in [4.78, 5) is 43.6. The molecule has 1 saturated heterocycles. The third-order valence-corrected chi connectivity index (χ3v) is 6.95. The molecule has 3 aromatic rings. The van der Waals surface area contributed by atoms with Crippen LogP contribution in [0.2, 0.25) is 0 Å². The summed E-state index contributed by atoms with van der Waals surface area (Å²) in [5.74, 6) is 0.496. The molecule has 5 heterocycles. The number of aromatic nitrogens is 3. The maximum atomic E-state index is 13.1. The zero-order valence-electron chi connectivity index (χ0n) is 17.3. The third-order valence-electron chi connectivity index (χ3n) is 6.09. The Morgan fingerprint density at radius 3 is 2.94 bits per heavy atom. The van der Waals surface area contributed by atoms with E-state index in [9.17, 15) is 9.59 Å². The number of nitrogens with one attached hydrogen (secondary N) is 1. The van der Waals surface area contributed by atoms with Crippen molar-refractivity contribution in [2.45, 2.75) is 44.8 Å². The Labute approximate surface area is 184 Å². The van der Waals surface area contributed by atoms with Crippen LogP contribution in [0.3, 0.4) is 0 Å². The van der Waals surface area contributed by atoms with Gasteiger partial charge in [0.1, 0.15) is 11.5 Å². The Morgan fingerprint density at radius 2 is 2.13 bits per heavy atom. The molecule has 0 saturated carbocycles. The molecule has 2 aliphatic heterocycles. The third kappa shape index (κ3) is 4.18. The van der Waals surface area contributed by atoms with Gasteiger partial charge in [-0.05, 0) is 49.3 Å². The summed E-state index contributed by atoms with van der Waals surface area (Å²) in [6.07, 6.45) is 5.07. The van der Waals surface area contributed by atoms with Crippen molar-refractivity contribution in [1.82, 2.24) is 24.8 Å². The predicted molar refractivity (Wildman–Crippen MR) is 119 cm³/mol. The van der Waals surface area contributed by atoms with Gasteiger partial charge in [-0.3, -0.25) is 19.5 Å². The van der Waals surface area contributed by atoms with Crippen LogP contribution in [0.15, 0.2) is 46.7 Å². The first-order valence-electron chi connectivity index (χ1n) is 10.8. The maximum absolute atomic E-state index is 13.1. The van der Waals surface area contributed by atoms with Crippen molar-refractivity contribution in [2.24, 2.45) is 0 Å². The normalized spacial score (nSPS) is 19.2. The van der Waals surface area contributed by atoms with Gasteiger partial charge >= 0.3 is 0 Å². The van der Waals surface area contributed by atoms with Crippen molar-refractivity contribution >= 4 is 17.2 Å². The van der Waals surface area contributed by atoms with E-state index in [-0.39, 0.29) is 17.5 Å². The van der Waals surface area contributed by atoms with Gasteiger partial charge in [0, 0.05) is 42.8 Å². The fourth-order valence-corrected chi connectivity index (χ4v) is 5.27. The number of aromatic amines is 1. The number of rotatable bonds is 4. The molecule has 0 aliphatic carbocycles. The van der Waals surface area contributed by atoms with Crippen molar-refractivity contribution in [3.05, 3.63) is 79.9 Å². The fourth-order valence-electron chi connectivity index (χ4n) is 4.52. The van der Waals surface area contributed by atoms with Crippen molar-refractivity contribution in [1.29, 1.82) is 0 Å². The van der Waals surface area contributed by atoms with Crippen LogP contribution in [0, 0.1) is 0 Å². The molecule has 8 heteroatoms. The Morgan fingerprint density at radius 1 is 1.19 bits per heavy atom. The summed E-state index contributed by atoms with van der Waals surface area (Å²) in [5.41, 5.74) is 1.99. The van der Waals surface area contributed by atoms with Crippen LogP contribution in [0.4, 0.5) is 0 Å². The van der Waals surface area contributed by atoms with E-state index in [1.54, 1.807) is 29.7 Å². The molecular weight excluding hydrogens is 410 g/mol. The minimum Gasteiger partial charge on any atom is -0.327 e. The highest BCUT2D eigenvalue weighted by atomic mass is 32.1. The van der Waals surface area contributed by atoms with E-state index in [2.05, 4.69) is 32.4 Å². The van der Waals surface area contributed by atoms with Crippen molar-refractivity contribution in [3.8, 4) is 0 Å². The molecule has 7 nitrogen and oxygen atoms in total. The molecule has 0 spiro atoms. The van der Waals surface area contributed by atoms with Gasteiger partial charge < -0.3 is 9.88 Å². The number of amides is 1. The summed E-state index contributed by atoms with van der Waals surface area (Å²) < 4.78 is 0. The first kappa shape index (κ1) is 20.1. The van der Waals surface area contributed by atoms with Crippen molar-refractivity contribution in [3.63, 3.8) is 0 Å². The number of carbonyl (C=O) groups excluding carboxylic acids is 1. The number of hydrogen-bond acceptors (Lipinski definition) is 6. The van der Waals surface area contributed by atoms with Crippen LogP contribution in [-0.2, 0) is 19.5 Å². The van der Waals surface area contributed by atoms with Gasteiger partial charge in [-0.25, -0.2) is 4.98 Å². The summed E-state index contributed by atoms with van der Waals surface area (Å²) in [6.45, 7) is 3.02. The predicted octanol–water partition coefficient (Wildman–Crippen LogP) is 3.15. The van der Waals surface area contributed by atoms with E-state index in [0.29, 0.717) is 31.0 Å². The smallest absolute Gasteiger partial charge is 0.273 e. The summed E-state index contributed by atoms with van der Waals surface area (Å²) in [6, 6.07) is 9.33. The Bertz CT molecular complexity index is 1110. The minimum atomic E-state index is -0.228. The van der Waals surface area contributed by atoms with Gasteiger partial charge in [0.15, 0.2) is 0 Å². The molecule has 0 radical (unpaired) electrons. The molecule has 1 amide bonds. The summed E-state index contributed by atoms with van der Waals surface area (Å²) >= 11 is 1.75. The Kier molecular flexibility index (Phi) is 5.65. The first-order valence-corrected chi connectivity index (χ1v) is 11.7. The molecule has 1 fully saturated rings. The van der Waals surface area contributed by atoms with Crippen molar-refractivity contribution < 1.29 is 4.79 Å². The summed E-state index contributed by atoms with van der Waals surface area (Å²) in [7, 11) is 0. The minimum absolute atomic E-state index is 0.0633. The second-order valence-corrected chi connectivity index (χ2v) is 9.17. The molecule has 160 valence electrons. The second-order valence-electron chi connectivity index (χ2n) is 8.14. The standard InChI is InChI=1S/C23H25N5O2S/c29-22-17-9-12-27(14-16-6-5-13-31-16)15-19(17)25-21(26-22)20-8-2-4-11-28(20)23(30)18-7-1-3-10-24-18/h1,3,5-7,10,13,20H,2,4,8-9,11-12,14-15H2,(H,25,26,29). The van der Waals surface area contributed by atoms with Crippen LogP contribution in [0.25, 0.3) is 0 Å². The monoisotopic (exact) mass is 435 g/mol. The number of fused-ring (bicyclic) bond motifs is 1. The van der Waals surface area contributed by atoms with Gasteiger partial charge in [0.05, 0.1) is 11.7 Å². The lowest BCUT2D eigenvalue weighted by Crippen LogP contribution is -2.41. The molecule has 1 N–H and O–H groups in total. The van der Waals surface area contributed by atoms with E-state index >= 15 is 0 Å². The number of pyridine rings is 1. The van der Waals surface area contributed by atoms with E-state index < -0.39 is 0 Å². The molecule has 0 aromatic carbocycles. The van der Waals surface area contributed by atoms with E-state index in [0.717, 1.165) is 43.6 Å². The van der Waals surface area contributed by atoms with Crippen LogP contribution >= 0.6 is 11.3 Å². The quantitative estimate of drug-likeness (QED) is 0.681. The number of H-pyrrole nitrogens is 1. The molecule has 0 bridgehead atoms. The molecule has 1 atom stereocenters. The highest BCUT2D eigenvalue weighted by Crippen LogP contribution is 2.30. The van der Waals surface area contributed by atoms with Gasteiger partial charge in [-0.15, -0.1) is 11.3 Å². The summed E-state index contributed by atoms with van der Waals surface area (Å²) in [5, 5.41) is 2.09. The molecular formula is C23H25N5O2S. The fraction of sp³-hybridized carbons (Fsp3) is 0.391. The molecule has 31 heavy (non-hydrogen) atoms. The number of likely N-dealkylation sites (tertiary alicyclic amines) is 1. The lowest BCUT2D eigenvalue weighted by molar-refractivity contribution is 0.0592. The topological polar surface area (TPSA) is 82.2 Å². The van der Waals surface area contributed by atoms with E-state index in [1.165, 1.54) is 4.88 Å². The van der Waals surface area contributed by atoms with E-state index in [1.807, 2.05) is 11.0 Å². The van der Waals surface area contributed by atoms with Gasteiger partial charge in [0.25, 0.3) is 11.5 Å². The zero-order valence-corrected chi connectivity index (χ0v) is 18.1. The average molecular weight is 436 g/mol. The van der Waals surface area contributed by atoms with Gasteiger partial charge in [-0.1, -0.05) is 12.1 Å². The zero-order chi connectivity index (χ0) is 21.2. The average Bonchev–Trinajstić information content (AvgIpc) is 3.32. The number of hydrogen-bond donors (Lipinski definition) is 1. The number of nitrogens with zero attached hydrogens (tertiary/aromatic N) is 4. The van der Waals surface area contributed by atoms with Crippen LogP contribution in [0.1, 0.15) is 57.8 Å². The maximum Gasteiger partial charge on any atom is 0.273 e. The van der Waals surface area contributed by atoms with E-state index in [4.69, 9.17) is 4.98 Å². The lowest BCUT2D eigenvalue weighted by Gasteiger charge is -2.35. The van der Waals surface area contributed by atoms with Crippen LogP contribution in [0.5, 0.6) is 0 Å². The SMILES string of the molecule is O=C(c1ccccn1)N1CCCCC1c1nc2c(c(=O)[nH]1)CCN(Cc1cccs1)C2. The van der Waals surface area contributed by atoms with Crippen LogP contribution < -0.4 is 5.56 Å². The number of thiophene rings is 1. The largest absolute Gasteiger partial charge is 0.327 e. The number of piperidine rings is 1. The first-order chi connectivity index (χ1) is 15.2. The highest BCUT2D eigenvalue weighted by Gasteiger charge is 2.32. The second kappa shape index (κ2) is 8.72. The molecule has 5 rings (SSSR count).